The highest BCUT2D eigenvalue weighted by Crippen LogP contribution is 2.44. The van der Waals surface area contributed by atoms with Crippen LogP contribution in [0.3, 0.4) is 0 Å². The van der Waals surface area contributed by atoms with Gasteiger partial charge in [-0.2, -0.15) is 5.26 Å². The predicted octanol–water partition coefficient (Wildman–Crippen LogP) is 6.65. The molecule has 39 heavy (non-hydrogen) atoms. The van der Waals surface area contributed by atoms with Crippen molar-refractivity contribution in [3.63, 3.8) is 0 Å². The normalized spacial score (nSPS) is 18.7. The van der Waals surface area contributed by atoms with Crippen molar-refractivity contribution in [2.24, 2.45) is 5.92 Å². The highest BCUT2D eigenvalue weighted by Gasteiger charge is 2.42. The number of hydrogen-bond donors (Lipinski definition) is 2. The van der Waals surface area contributed by atoms with Gasteiger partial charge in [0.05, 0.1) is 23.6 Å². The number of aromatic nitrogens is 3. The van der Waals surface area contributed by atoms with Crippen LogP contribution in [0.2, 0.25) is 18.1 Å². The Labute approximate surface area is 232 Å². The lowest BCUT2D eigenvalue weighted by molar-refractivity contribution is 0.220. The molecule has 0 amide bonds. The molecular weight excluding hydrogens is 504 g/mol. The molecule has 5 rings (SSSR count). The Kier molecular flexibility index (Phi) is 7.12. The van der Waals surface area contributed by atoms with E-state index in [2.05, 4.69) is 73.5 Å². The number of pyridine rings is 1. The summed E-state index contributed by atoms with van der Waals surface area (Å²) in [6, 6.07) is 12.1. The van der Waals surface area contributed by atoms with Crippen LogP contribution in [0.4, 0.5) is 17.3 Å². The number of nitrogens with zero attached hydrogens (tertiary/aromatic N) is 4. The summed E-state index contributed by atoms with van der Waals surface area (Å²) in [5.74, 6) is 1.62. The molecule has 2 aromatic heterocycles. The van der Waals surface area contributed by atoms with Crippen LogP contribution in [-0.4, -0.2) is 43.0 Å². The zero-order valence-corrected chi connectivity index (χ0v) is 24.8. The van der Waals surface area contributed by atoms with Gasteiger partial charge in [-0.15, -0.1) is 0 Å². The number of rotatable bonds is 9. The molecule has 1 saturated carbocycles. The minimum absolute atomic E-state index is 0.124. The molecular formula is C30H38N6O2Si. The van der Waals surface area contributed by atoms with E-state index in [1.807, 2.05) is 24.3 Å². The molecule has 1 aliphatic carbocycles. The third-order valence-corrected chi connectivity index (χ3v) is 12.7. The van der Waals surface area contributed by atoms with Gasteiger partial charge in [0.25, 0.3) is 0 Å². The Morgan fingerprint density at radius 2 is 1.97 bits per heavy atom. The maximum absolute atomic E-state index is 10.0. The van der Waals surface area contributed by atoms with Gasteiger partial charge in [-0.1, -0.05) is 27.7 Å². The molecule has 9 heteroatoms. The first-order chi connectivity index (χ1) is 18.5. The summed E-state index contributed by atoms with van der Waals surface area (Å²) in [6.07, 6.45) is 5.87. The number of anilines is 3. The van der Waals surface area contributed by atoms with Gasteiger partial charge in [0.1, 0.15) is 11.8 Å². The fourth-order valence-electron chi connectivity index (χ4n) is 4.39. The lowest BCUT2D eigenvalue weighted by Crippen LogP contribution is -2.45. The number of ether oxygens (including phenoxy) is 1. The van der Waals surface area contributed by atoms with Gasteiger partial charge in [-0.25, -0.2) is 15.0 Å². The number of nitriles is 1. The molecule has 0 bridgehead atoms. The zero-order chi connectivity index (χ0) is 27.8. The second kappa shape index (κ2) is 10.2. The van der Waals surface area contributed by atoms with Crippen LogP contribution in [0.25, 0.3) is 11.3 Å². The molecule has 1 aromatic carbocycles. The Hall–Kier alpha value is -3.48. The first-order valence-electron chi connectivity index (χ1n) is 13.6. The van der Waals surface area contributed by atoms with E-state index in [0.717, 1.165) is 34.7 Å². The Bertz CT molecular complexity index is 1410. The molecule has 1 atom stereocenters. The van der Waals surface area contributed by atoms with Crippen molar-refractivity contribution in [3.05, 3.63) is 53.9 Å². The van der Waals surface area contributed by atoms with Crippen LogP contribution < -0.4 is 15.4 Å². The van der Waals surface area contributed by atoms with Crippen LogP contribution in [0, 0.1) is 17.2 Å². The zero-order valence-electron chi connectivity index (χ0n) is 23.8. The summed E-state index contributed by atoms with van der Waals surface area (Å²) in [6.45, 7) is 15.5. The first-order valence-corrected chi connectivity index (χ1v) is 16.5. The lowest BCUT2D eigenvalue weighted by Gasteiger charge is -2.39. The van der Waals surface area contributed by atoms with Gasteiger partial charge in [0.2, 0.25) is 11.8 Å². The fourth-order valence-corrected chi connectivity index (χ4v) is 5.50. The van der Waals surface area contributed by atoms with E-state index in [4.69, 9.17) is 14.1 Å². The Morgan fingerprint density at radius 3 is 2.69 bits per heavy atom. The van der Waals surface area contributed by atoms with Gasteiger partial charge >= 0.3 is 0 Å². The maximum Gasteiger partial charge on any atom is 0.237 e. The molecule has 2 N–H and O–H groups in total. The second-order valence-electron chi connectivity index (χ2n) is 12.5. The van der Waals surface area contributed by atoms with Crippen molar-refractivity contribution in [1.82, 2.24) is 15.0 Å². The molecule has 204 valence electrons. The van der Waals surface area contributed by atoms with E-state index in [0.29, 0.717) is 36.5 Å². The van der Waals surface area contributed by atoms with Gasteiger partial charge in [-0.05, 0) is 72.8 Å². The van der Waals surface area contributed by atoms with Crippen molar-refractivity contribution in [1.29, 1.82) is 5.26 Å². The Balaban J connectivity index is 1.42. The average Bonchev–Trinajstić information content (AvgIpc) is 3.68. The molecule has 0 saturated heterocycles. The Morgan fingerprint density at radius 1 is 1.18 bits per heavy atom. The smallest absolute Gasteiger partial charge is 0.237 e. The minimum Gasteiger partial charge on any atom is -0.476 e. The maximum atomic E-state index is 10.0. The van der Waals surface area contributed by atoms with E-state index in [-0.39, 0.29) is 10.5 Å². The molecule has 1 aliphatic heterocycles. The highest BCUT2D eigenvalue weighted by atomic mass is 28.4. The molecule has 8 nitrogen and oxygen atoms in total. The van der Waals surface area contributed by atoms with Crippen molar-refractivity contribution < 1.29 is 9.16 Å². The lowest BCUT2D eigenvalue weighted by atomic mass is 9.83. The molecule has 0 radical (unpaired) electrons. The van der Waals surface area contributed by atoms with E-state index >= 15 is 0 Å². The van der Waals surface area contributed by atoms with E-state index < -0.39 is 8.32 Å². The van der Waals surface area contributed by atoms with Crippen molar-refractivity contribution in [2.45, 2.75) is 64.1 Å². The summed E-state index contributed by atoms with van der Waals surface area (Å²) in [5.41, 5.74) is 4.65. The van der Waals surface area contributed by atoms with Crippen molar-refractivity contribution in [3.8, 4) is 23.2 Å². The van der Waals surface area contributed by atoms with Crippen LogP contribution in [-0.2, 0) is 9.84 Å². The van der Waals surface area contributed by atoms with Crippen LogP contribution >= 0.6 is 0 Å². The highest BCUT2D eigenvalue weighted by molar-refractivity contribution is 6.74. The number of hydrogen-bond acceptors (Lipinski definition) is 8. The van der Waals surface area contributed by atoms with Crippen LogP contribution in [0.1, 0.15) is 51.7 Å². The van der Waals surface area contributed by atoms with Gasteiger partial charge < -0.3 is 19.8 Å². The quantitative estimate of drug-likeness (QED) is 0.290. The number of fused-ring (bicyclic) bond motifs is 1. The fraction of sp³-hybridized carbons (Fsp3) is 0.467. The monoisotopic (exact) mass is 542 g/mol. The van der Waals surface area contributed by atoms with E-state index in [1.54, 1.807) is 12.4 Å². The number of nitrogens with one attached hydrogen (secondary N) is 2. The summed E-state index contributed by atoms with van der Waals surface area (Å²) in [5, 5.41) is 16.9. The molecule has 3 heterocycles. The standard InChI is InChI=1S/C30H38N6O2Si/c1-29(2,3)39(5,6)38-19-30(4)18-34-26-22(16-31)14-21(15-23(26)30)24-11-13-33-28(35-24)36-25-8-7-12-32-27(25)37-17-20-9-10-20/h7-8,11-15,20,34H,9-10,17-19H2,1-6H3,(H,33,35,36)/t30-/m1/s1. The van der Waals surface area contributed by atoms with Crippen molar-refractivity contribution in [2.75, 3.05) is 30.4 Å². The summed E-state index contributed by atoms with van der Waals surface area (Å²) in [7, 11) is -1.94. The SMILES string of the molecule is CC(C)(C)[Si](C)(C)OC[C@@]1(C)CNc2c(C#N)cc(-c3ccnc(Nc4cccnc4OCC4CC4)n3)cc21. The van der Waals surface area contributed by atoms with Gasteiger partial charge in [-0.3, -0.25) is 0 Å². The van der Waals surface area contributed by atoms with Gasteiger partial charge in [0, 0.05) is 36.5 Å². The third kappa shape index (κ3) is 5.77. The molecule has 0 spiro atoms. The third-order valence-electron chi connectivity index (χ3n) is 8.24. The summed E-state index contributed by atoms with van der Waals surface area (Å²) < 4.78 is 12.6. The average molecular weight is 543 g/mol. The molecule has 2 aliphatic rings. The topological polar surface area (TPSA) is 105 Å². The van der Waals surface area contributed by atoms with Crippen LogP contribution in [0.5, 0.6) is 5.88 Å². The number of benzene rings is 1. The molecule has 3 aromatic rings. The first kappa shape index (κ1) is 27.1. The van der Waals surface area contributed by atoms with Crippen LogP contribution in [0.15, 0.2) is 42.7 Å². The van der Waals surface area contributed by atoms with E-state index in [1.165, 1.54) is 12.8 Å². The predicted molar refractivity (Wildman–Crippen MR) is 157 cm³/mol. The summed E-state index contributed by atoms with van der Waals surface area (Å²) in [4.78, 5) is 13.6. The van der Waals surface area contributed by atoms with Gasteiger partial charge in [0.15, 0.2) is 8.32 Å². The minimum atomic E-state index is -1.94. The molecule has 0 unspecified atom stereocenters. The second-order valence-corrected chi connectivity index (χ2v) is 17.3. The van der Waals surface area contributed by atoms with E-state index in [9.17, 15) is 5.26 Å². The summed E-state index contributed by atoms with van der Waals surface area (Å²) >= 11 is 0. The molecule has 1 fully saturated rings. The van der Waals surface area contributed by atoms with Crippen molar-refractivity contribution >= 4 is 25.6 Å². The largest absolute Gasteiger partial charge is 0.476 e.